The highest BCUT2D eigenvalue weighted by Crippen LogP contribution is 2.52. The SMILES string of the molecule is CC(C)(C)c1cc(CCP2(=O)OCCO2)cc(C(C)(C)C)c1O. The van der Waals surface area contributed by atoms with Crippen molar-refractivity contribution in [1.29, 1.82) is 0 Å². The summed E-state index contributed by atoms with van der Waals surface area (Å²) in [6.45, 7) is 13.3. The molecule has 0 amide bonds. The molecule has 0 unspecified atom stereocenters. The molecule has 0 spiro atoms. The molecule has 0 radical (unpaired) electrons. The van der Waals surface area contributed by atoms with Crippen LogP contribution in [0.1, 0.15) is 58.2 Å². The van der Waals surface area contributed by atoms with Gasteiger partial charge in [0.05, 0.1) is 19.4 Å². The lowest BCUT2D eigenvalue weighted by atomic mass is 9.78. The summed E-state index contributed by atoms with van der Waals surface area (Å²) in [4.78, 5) is 0. The molecule has 1 heterocycles. The van der Waals surface area contributed by atoms with Gasteiger partial charge in [0.25, 0.3) is 0 Å². The molecule has 1 aromatic rings. The summed E-state index contributed by atoms with van der Waals surface area (Å²) in [5.41, 5.74) is 2.58. The fourth-order valence-corrected chi connectivity index (χ4v) is 4.34. The first-order chi connectivity index (χ1) is 10.4. The van der Waals surface area contributed by atoms with E-state index in [1.165, 1.54) is 0 Å². The molecule has 1 aliphatic heterocycles. The molecular weight excluding hydrogens is 311 g/mol. The third-order valence-electron chi connectivity index (χ3n) is 4.12. The van der Waals surface area contributed by atoms with Crippen LogP contribution in [0.3, 0.4) is 0 Å². The smallest absolute Gasteiger partial charge is 0.331 e. The van der Waals surface area contributed by atoms with Crippen molar-refractivity contribution in [3.8, 4) is 5.75 Å². The van der Waals surface area contributed by atoms with E-state index < -0.39 is 7.60 Å². The maximum atomic E-state index is 12.3. The lowest BCUT2D eigenvalue weighted by Crippen LogP contribution is -2.18. The molecule has 0 saturated carbocycles. The van der Waals surface area contributed by atoms with Gasteiger partial charge in [0.1, 0.15) is 5.75 Å². The van der Waals surface area contributed by atoms with Crippen molar-refractivity contribution in [2.45, 2.75) is 58.8 Å². The van der Waals surface area contributed by atoms with Gasteiger partial charge in [-0.3, -0.25) is 4.57 Å². The van der Waals surface area contributed by atoms with Gasteiger partial charge in [0.2, 0.25) is 0 Å². The summed E-state index contributed by atoms with van der Waals surface area (Å²) in [7, 11) is -2.92. The molecule has 0 bridgehead atoms. The quantitative estimate of drug-likeness (QED) is 0.805. The molecule has 0 atom stereocenters. The number of hydrogen-bond acceptors (Lipinski definition) is 4. The Balaban J connectivity index is 2.37. The Hall–Kier alpha value is -0.830. The molecule has 0 aliphatic carbocycles. The molecule has 23 heavy (non-hydrogen) atoms. The van der Waals surface area contributed by atoms with E-state index in [1.807, 2.05) is 12.1 Å². The number of hydrogen-bond donors (Lipinski definition) is 1. The van der Waals surface area contributed by atoms with Crippen molar-refractivity contribution in [2.75, 3.05) is 19.4 Å². The molecule has 1 aliphatic rings. The Labute approximate surface area is 139 Å². The van der Waals surface area contributed by atoms with Gasteiger partial charge in [-0.05, 0) is 33.9 Å². The van der Waals surface area contributed by atoms with Crippen molar-refractivity contribution < 1.29 is 18.7 Å². The molecule has 1 saturated heterocycles. The maximum Gasteiger partial charge on any atom is 0.331 e. The van der Waals surface area contributed by atoms with Crippen LogP contribution in [0.15, 0.2) is 12.1 Å². The summed E-state index contributed by atoms with van der Waals surface area (Å²) in [6, 6.07) is 4.04. The van der Waals surface area contributed by atoms with Crippen LogP contribution in [-0.4, -0.2) is 24.5 Å². The largest absolute Gasteiger partial charge is 0.507 e. The summed E-state index contributed by atoms with van der Waals surface area (Å²) in [5, 5.41) is 10.7. The Kier molecular flexibility index (Phi) is 5.02. The van der Waals surface area contributed by atoms with Gasteiger partial charge in [-0.2, -0.15) is 0 Å². The minimum Gasteiger partial charge on any atom is -0.507 e. The Morgan fingerprint density at radius 2 is 1.43 bits per heavy atom. The predicted molar refractivity (Wildman–Crippen MR) is 93.6 cm³/mol. The minimum atomic E-state index is -2.92. The topological polar surface area (TPSA) is 55.8 Å². The number of benzene rings is 1. The highest BCUT2D eigenvalue weighted by molar-refractivity contribution is 7.54. The van der Waals surface area contributed by atoms with E-state index in [1.54, 1.807) is 0 Å². The molecule has 5 heteroatoms. The Morgan fingerprint density at radius 3 is 1.83 bits per heavy atom. The van der Waals surface area contributed by atoms with Crippen molar-refractivity contribution in [3.63, 3.8) is 0 Å². The lowest BCUT2D eigenvalue weighted by molar-refractivity contribution is 0.352. The van der Waals surface area contributed by atoms with Crippen LogP contribution >= 0.6 is 7.60 Å². The first-order valence-electron chi connectivity index (χ1n) is 8.17. The van der Waals surface area contributed by atoms with Gasteiger partial charge in [-0.25, -0.2) is 0 Å². The van der Waals surface area contributed by atoms with Crippen LogP contribution in [0.5, 0.6) is 5.75 Å². The first-order valence-corrected chi connectivity index (χ1v) is 9.90. The number of rotatable bonds is 3. The predicted octanol–water partition coefficient (Wildman–Crippen LogP) is 4.77. The van der Waals surface area contributed by atoms with Gasteiger partial charge in [-0.1, -0.05) is 53.7 Å². The molecule has 4 nitrogen and oxygen atoms in total. The molecule has 1 aromatic carbocycles. The second-order valence-electron chi connectivity index (χ2n) is 8.29. The van der Waals surface area contributed by atoms with Gasteiger partial charge in [0, 0.05) is 0 Å². The van der Waals surface area contributed by atoms with Crippen LogP contribution in [0, 0.1) is 0 Å². The van der Waals surface area contributed by atoms with Crippen LogP contribution in [0.4, 0.5) is 0 Å². The van der Waals surface area contributed by atoms with Crippen molar-refractivity contribution in [1.82, 2.24) is 0 Å². The van der Waals surface area contributed by atoms with Crippen molar-refractivity contribution >= 4 is 7.60 Å². The van der Waals surface area contributed by atoms with Gasteiger partial charge in [-0.15, -0.1) is 0 Å². The number of phenolic OH excluding ortho intramolecular Hbond substituents is 1. The van der Waals surface area contributed by atoms with Crippen LogP contribution in [0.2, 0.25) is 0 Å². The second-order valence-corrected chi connectivity index (χ2v) is 10.5. The fourth-order valence-electron chi connectivity index (χ4n) is 2.77. The minimum absolute atomic E-state index is 0.162. The maximum absolute atomic E-state index is 12.3. The average molecular weight is 340 g/mol. The third kappa shape index (κ3) is 4.37. The summed E-state index contributed by atoms with van der Waals surface area (Å²) in [6.07, 6.45) is 0.995. The monoisotopic (exact) mass is 340 g/mol. The zero-order valence-electron chi connectivity index (χ0n) is 15.1. The van der Waals surface area contributed by atoms with Crippen LogP contribution in [-0.2, 0) is 30.9 Å². The Morgan fingerprint density at radius 1 is 1.00 bits per heavy atom. The first kappa shape index (κ1) is 18.5. The third-order valence-corrected chi connectivity index (χ3v) is 6.04. The average Bonchev–Trinajstić information content (AvgIpc) is 2.82. The van der Waals surface area contributed by atoms with Crippen LogP contribution in [0.25, 0.3) is 0 Å². The van der Waals surface area contributed by atoms with E-state index in [9.17, 15) is 9.67 Å². The van der Waals surface area contributed by atoms with Crippen molar-refractivity contribution in [2.24, 2.45) is 0 Å². The van der Waals surface area contributed by atoms with Gasteiger partial charge in [0.15, 0.2) is 0 Å². The molecular formula is C18H29O4P. The summed E-state index contributed by atoms with van der Waals surface area (Å²) in [5.74, 6) is 0.369. The lowest BCUT2D eigenvalue weighted by Gasteiger charge is -2.28. The fraction of sp³-hybridized carbons (Fsp3) is 0.667. The summed E-state index contributed by atoms with van der Waals surface area (Å²) >= 11 is 0. The van der Waals surface area contributed by atoms with E-state index >= 15 is 0 Å². The van der Waals surface area contributed by atoms with Gasteiger partial charge >= 0.3 is 7.60 Å². The highest BCUT2D eigenvalue weighted by atomic mass is 31.2. The van der Waals surface area contributed by atoms with Crippen molar-refractivity contribution in [3.05, 3.63) is 28.8 Å². The Bertz CT molecular complexity index is 578. The summed E-state index contributed by atoms with van der Waals surface area (Å²) < 4.78 is 22.9. The molecule has 1 fully saturated rings. The normalized spacial score (nSPS) is 18.3. The van der Waals surface area contributed by atoms with E-state index in [2.05, 4.69) is 41.5 Å². The highest BCUT2D eigenvalue weighted by Gasteiger charge is 2.31. The number of phenols is 1. The van der Waals surface area contributed by atoms with E-state index in [0.29, 0.717) is 31.5 Å². The number of aryl methyl sites for hydroxylation is 1. The zero-order chi connectivity index (χ0) is 17.5. The second kappa shape index (κ2) is 6.23. The van der Waals surface area contributed by atoms with E-state index in [-0.39, 0.29) is 10.8 Å². The molecule has 1 N–H and O–H groups in total. The number of aromatic hydroxyl groups is 1. The molecule has 0 aromatic heterocycles. The van der Waals surface area contributed by atoms with E-state index in [4.69, 9.17) is 9.05 Å². The molecule has 130 valence electrons. The standard InChI is InChI=1S/C18H29O4P/c1-17(2,3)14-11-13(7-10-23(20)21-8-9-22-23)12-15(16(14)19)18(4,5)6/h11-12,19H,7-10H2,1-6H3. The zero-order valence-corrected chi connectivity index (χ0v) is 16.0. The molecule has 2 rings (SSSR count). The van der Waals surface area contributed by atoms with Gasteiger partial charge < -0.3 is 14.2 Å². The van der Waals surface area contributed by atoms with Crippen LogP contribution < -0.4 is 0 Å². The van der Waals surface area contributed by atoms with E-state index in [0.717, 1.165) is 16.7 Å².